The van der Waals surface area contributed by atoms with Gasteiger partial charge >= 0.3 is 6.09 Å². The standard InChI is InChI=1S/C25H19Cl6N3O3.ClH.H2O/c26-17-4-1-15(2-5-17)23(36-13-16-3-6-18(27)11-21(16)29)24(31)33-9-10-34(14-33)37-25(35)32-19-7-8-20(28)22(30)12-19;;/h1-12,23-24H,13-14H2,(H,32,35);1H;1H2. The van der Waals surface area contributed by atoms with Crippen LogP contribution in [0.5, 0.6) is 0 Å². The molecule has 2 atom stereocenters. The van der Waals surface area contributed by atoms with Crippen molar-refractivity contribution in [3.63, 3.8) is 0 Å². The predicted molar refractivity (Wildman–Crippen MR) is 160 cm³/mol. The molecule has 0 aromatic heterocycles. The summed E-state index contributed by atoms with van der Waals surface area (Å²) in [5.74, 6) is 0. The number of alkyl halides is 1. The first-order valence-electron chi connectivity index (χ1n) is 10.8. The van der Waals surface area contributed by atoms with Crippen LogP contribution < -0.4 is 5.32 Å². The van der Waals surface area contributed by atoms with E-state index in [0.717, 1.165) is 11.1 Å². The van der Waals surface area contributed by atoms with Gasteiger partial charge in [0.2, 0.25) is 0 Å². The van der Waals surface area contributed by atoms with Crippen LogP contribution in [0.3, 0.4) is 0 Å². The monoisotopic (exact) mass is 673 g/mol. The second kappa shape index (κ2) is 15.3. The van der Waals surface area contributed by atoms with E-state index < -0.39 is 17.7 Å². The van der Waals surface area contributed by atoms with Crippen LogP contribution in [0.1, 0.15) is 17.2 Å². The third kappa shape index (κ3) is 9.11. The molecule has 4 rings (SSSR count). The number of hydrogen-bond acceptors (Lipinski definition) is 5. The van der Waals surface area contributed by atoms with Gasteiger partial charge in [0.1, 0.15) is 18.3 Å². The minimum absolute atomic E-state index is 0. The first kappa shape index (κ1) is 33.4. The summed E-state index contributed by atoms with van der Waals surface area (Å²) in [6, 6.07) is 17.1. The average molecular weight is 677 g/mol. The molecule has 0 saturated heterocycles. The lowest BCUT2D eigenvalue weighted by Gasteiger charge is -2.31. The molecule has 0 saturated carbocycles. The lowest BCUT2D eigenvalue weighted by atomic mass is 10.1. The number of hydroxylamine groups is 2. The number of carbonyl (C=O) groups is 1. The highest BCUT2D eigenvalue weighted by atomic mass is 35.5. The number of nitrogens with one attached hydrogen (secondary N) is 1. The Kier molecular flexibility index (Phi) is 13.1. The van der Waals surface area contributed by atoms with Crippen molar-refractivity contribution >= 4 is 93.8 Å². The molecule has 0 spiro atoms. The first-order chi connectivity index (χ1) is 17.7. The largest absolute Gasteiger partial charge is 0.436 e. The van der Waals surface area contributed by atoms with E-state index in [1.165, 1.54) is 11.1 Å². The smallest absolute Gasteiger partial charge is 0.412 e. The van der Waals surface area contributed by atoms with Crippen molar-refractivity contribution < 1.29 is 19.8 Å². The van der Waals surface area contributed by atoms with Crippen molar-refractivity contribution in [1.29, 1.82) is 0 Å². The third-order valence-corrected chi connectivity index (χ3v) is 7.35. The van der Waals surface area contributed by atoms with Crippen molar-refractivity contribution in [2.45, 2.75) is 18.2 Å². The molecule has 0 bridgehead atoms. The maximum atomic E-state index is 12.3. The molecule has 1 heterocycles. The molecule has 39 heavy (non-hydrogen) atoms. The number of nitrogens with zero attached hydrogens (tertiary/aromatic N) is 2. The number of amides is 1. The van der Waals surface area contributed by atoms with Crippen molar-refractivity contribution in [2.75, 3.05) is 12.0 Å². The average Bonchev–Trinajstić information content (AvgIpc) is 3.32. The number of benzene rings is 3. The second-order valence-corrected chi connectivity index (χ2v) is 10.4. The molecule has 0 radical (unpaired) electrons. The number of hydrogen-bond donors (Lipinski definition) is 1. The second-order valence-electron chi connectivity index (χ2n) is 7.90. The Bertz CT molecular complexity index is 1300. The summed E-state index contributed by atoms with van der Waals surface area (Å²) in [5, 5.41) is 6.22. The molecule has 7 nitrogen and oxygen atoms in total. The summed E-state index contributed by atoms with van der Waals surface area (Å²) in [6.45, 7) is 0.356. The van der Waals surface area contributed by atoms with Crippen LogP contribution in [0.2, 0.25) is 25.1 Å². The lowest BCUT2D eigenvalue weighted by molar-refractivity contribution is -0.0729. The highest BCUT2D eigenvalue weighted by Gasteiger charge is 2.30. The topological polar surface area (TPSA) is 85.5 Å². The van der Waals surface area contributed by atoms with Gasteiger partial charge < -0.3 is 20.0 Å². The zero-order valence-corrected chi connectivity index (χ0v) is 25.1. The summed E-state index contributed by atoms with van der Waals surface area (Å²) in [4.78, 5) is 19.5. The first-order valence-corrected chi connectivity index (χ1v) is 13.1. The Morgan fingerprint density at radius 1 is 0.872 bits per heavy atom. The summed E-state index contributed by atoms with van der Waals surface area (Å²) >= 11 is 37.2. The number of carbonyl (C=O) groups excluding carboxylic acids is 1. The molecular formula is C25H22Cl7N3O4. The zero-order valence-electron chi connectivity index (χ0n) is 19.8. The predicted octanol–water partition coefficient (Wildman–Crippen LogP) is 8.58. The van der Waals surface area contributed by atoms with Gasteiger partial charge in [-0.2, -0.15) is 5.06 Å². The number of anilines is 1. The van der Waals surface area contributed by atoms with E-state index in [1.54, 1.807) is 59.8 Å². The van der Waals surface area contributed by atoms with Gasteiger partial charge in [-0.3, -0.25) is 5.32 Å². The maximum absolute atomic E-state index is 12.3. The fourth-order valence-electron chi connectivity index (χ4n) is 3.43. The Morgan fingerprint density at radius 3 is 2.23 bits per heavy atom. The quantitative estimate of drug-likeness (QED) is 0.191. The summed E-state index contributed by atoms with van der Waals surface area (Å²) in [6.07, 6.45) is 1.99. The van der Waals surface area contributed by atoms with Gasteiger partial charge in [0.25, 0.3) is 0 Å². The molecule has 1 aliphatic heterocycles. The summed E-state index contributed by atoms with van der Waals surface area (Å²) in [5.41, 5.74) is 1.33. The van der Waals surface area contributed by atoms with Gasteiger partial charge in [-0.05, 0) is 53.6 Å². The molecule has 0 aliphatic carbocycles. The Labute approximate surface area is 261 Å². The van der Waals surface area contributed by atoms with Gasteiger partial charge in [0.05, 0.1) is 22.9 Å². The van der Waals surface area contributed by atoms with Crippen molar-refractivity contribution in [2.24, 2.45) is 0 Å². The number of ether oxygens (including phenoxy) is 1. The number of rotatable bonds is 8. The molecule has 0 fully saturated rings. The highest BCUT2D eigenvalue weighted by molar-refractivity contribution is 6.42. The number of halogens is 7. The molecule has 1 amide bonds. The minimum atomic E-state index is -0.709. The molecule has 1 aliphatic rings. The molecular weight excluding hydrogens is 654 g/mol. The van der Waals surface area contributed by atoms with Crippen LogP contribution in [0, 0.1) is 0 Å². The van der Waals surface area contributed by atoms with E-state index in [2.05, 4.69) is 5.32 Å². The van der Waals surface area contributed by atoms with E-state index in [-0.39, 0.29) is 31.2 Å². The summed E-state index contributed by atoms with van der Waals surface area (Å²) < 4.78 is 6.23. The fraction of sp³-hybridized carbons (Fsp3) is 0.160. The van der Waals surface area contributed by atoms with Crippen LogP contribution in [0.4, 0.5) is 10.5 Å². The molecule has 3 aromatic rings. The van der Waals surface area contributed by atoms with E-state index in [1.807, 2.05) is 12.1 Å². The van der Waals surface area contributed by atoms with E-state index in [0.29, 0.717) is 30.8 Å². The summed E-state index contributed by atoms with van der Waals surface area (Å²) in [7, 11) is 0. The SMILES string of the molecule is Cl.O.O=C(Nc1ccc(Cl)c(Cl)c1)ON1C=CN(C(Cl)C(OCc2ccc(Cl)cc2Cl)c2ccc(Cl)cc2)C1. The van der Waals surface area contributed by atoms with Gasteiger partial charge in [0, 0.05) is 27.0 Å². The molecule has 210 valence electrons. The van der Waals surface area contributed by atoms with Crippen molar-refractivity contribution in [3.8, 4) is 0 Å². The normalized spacial score (nSPS) is 13.8. The Morgan fingerprint density at radius 2 is 1.56 bits per heavy atom. The van der Waals surface area contributed by atoms with Crippen LogP contribution >= 0.6 is 82.0 Å². The molecule has 3 aromatic carbocycles. The van der Waals surface area contributed by atoms with Gasteiger partial charge in [-0.25, -0.2) is 4.79 Å². The molecule has 14 heteroatoms. The zero-order chi connectivity index (χ0) is 26.5. The van der Waals surface area contributed by atoms with Gasteiger partial charge in [0.15, 0.2) is 0 Å². The lowest BCUT2D eigenvalue weighted by Crippen LogP contribution is -2.36. The van der Waals surface area contributed by atoms with Crippen molar-refractivity contribution in [3.05, 3.63) is 109 Å². The maximum Gasteiger partial charge on any atom is 0.436 e. The van der Waals surface area contributed by atoms with Crippen LogP contribution in [0.25, 0.3) is 0 Å². The van der Waals surface area contributed by atoms with E-state index in [4.69, 9.17) is 79.2 Å². The van der Waals surface area contributed by atoms with E-state index in [9.17, 15) is 4.79 Å². The van der Waals surface area contributed by atoms with Crippen LogP contribution in [0.15, 0.2) is 73.1 Å². The van der Waals surface area contributed by atoms with Gasteiger partial charge in [-0.15, -0.1) is 12.4 Å². The Balaban J connectivity index is 0.00000267. The molecule has 2 unspecified atom stereocenters. The van der Waals surface area contributed by atoms with Crippen LogP contribution in [-0.4, -0.2) is 33.7 Å². The van der Waals surface area contributed by atoms with E-state index >= 15 is 0 Å². The van der Waals surface area contributed by atoms with Gasteiger partial charge in [-0.1, -0.05) is 87.8 Å². The van der Waals surface area contributed by atoms with Crippen LogP contribution in [-0.2, 0) is 16.2 Å². The third-order valence-electron chi connectivity index (χ3n) is 5.29. The minimum Gasteiger partial charge on any atom is -0.412 e. The Hall–Kier alpha value is -1.78. The van der Waals surface area contributed by atoms with Crippen molar-refractivity contribution in [1.82, 2.24) is 9.96 Å². The highest BCUT2D eigenvalue weighted by Crippen LogP contribution is 2.33. The fourth-order valence-corrected chi connectivity index (χ4v) is 4.67. The molecule has 3 N–H and O–H groups in total.